The van der Waals surface area contributed by atoms with Crippen LogP contribution in [0.2, 0.25) is 0 Å². The lowest BCUT2D eigenvalue weighted by Crippen LogP contribution is -2.16. The third kappa shape index (κ3) is 4.31. The number of hydrogen-bond donors (Lipinski definition) is 1. The van der Waals surface area contributed by atoms with E-state index >= 15 is 0 Å². The highest BCUT2D eigenvalue weighted by Gasteiger charge is 2.18. The molecule has 0 aliphatic heterocycles. The molecule has 0 aliphatic rings. The summed E-state index contributed by atoms with van der Waals surface area (Å²) in [4.78, 5) is 22.8. The quantitative estimate of drug-likeness (QED) is 0.484. The first kappa shape index (κ1) is 20.2. The summed E-state index contributed by atoms with van der Waals surface area (Å²) >= 11 is 0. The molecule has 0 saturated heterocycles. The van der Waals surface area contributed by atoms with Gasteiger partial charge in [0.05, 0.1) is 35.1 Å². The summed E-state index contributed by atoms with van der Waals surface area (Å²) in [6.45, 7) is 5.63. The van der Waals surface area contributed by atoms with Gasteiger partial charge in [0.2, 0.25) is 5.91 Å². The number of halogens is 1. The van der Waals surface area contributed by atoms with Crippen LogP contribution in [0, 0.1) is 36.7 Å². The van der Waals surface area contributed by atoms with Crippen molar-refractivity contribution in [3.8, 4) is 0 Å². The lowest BCUT2D eigenvalue weighted by Gasteiger charge is -2.08. The van der Waals surface area contributed by atoms with Crippen molar-refractivity contribution in [1.82, 2.24) is 19.6 Å². The molecule has 0 fully saturated rings. The van der Waals surface area contributed by atoms with Gasteiger partial charge in [-0.05, 0) is 26.8 Å². The van der Waals surface area contributed by atoms with Gasteiger partial charge < -0.3 is 5.32 Å². The predicted octanol–water partition coefficient (Wildman–Crippen LogP) is 3.13. The van der Waals surface area contributed by atoms with E-state index < -0.39 is 4.92 Å². The second-order valence-electron chi connectivity index (χ2n) is 6.69. The lowest BCUT2D eigenvalue weighted by molar-refractivity contribution is -0.385. The zero-order valence-corrected chi connectivity index (χ0v) is 16.3. The van der Waals surface area contributed by atoms with E-state index in [1.807, 2.05) is 0 Å². The fourth-order valence-corrected chi connectivity index (χ4v) is 3.07. The molecule has 3 rings (SSSR count). The number of nitro groups is 1. The van der Waals surface area contributed by atoms with Gasteiger partial charge in [0.15, 0.2) is 0 Å². The minimum Gasteiger partial charge on any atom is -0.323 e. The molecule has 2 aromatic heterocycles. The number of nitrogens with zero attached hydrogens (tertiary/aromatic N) is 5. The summed E-state index contributed by atoms with van der Waals surface area (Å²) in [6, 6.07) is 6.47. The molecule has 0 aliphatic carbocycles. The van der Waals surface area contributed by atoms with Gasteiger partial charge in [-0.25, -0.2) is 4.39 Å². The van der Waals surface area contributed by atoms with Crippen molar-refractivity contribution < 1.29 is 14.1 Å². The van der Waals surface area contributed by atoms with Crippen molar-refractivity contribution in [2.75, 3.05) is 5.32 Å². The normalized spacial score (nSPS) is 10.9. The van der Waals surface area contributed by atoms with E-state index in [0.29, 0.717) is 28.3 Å². The van der Waals surface area contributed by atoms with Crippen molar-refractivity contribution >= 4 is 17.3 Å². The molecule has 29 heavy (non-hydrogen) atoms. The Morgan fingerprint density at radius 1 is 1.21 bits per heavy atom. The fourth-order valence-electron chi connectivity index (χ4n) is 3.07. The SMILES string of the molecule is Cc1nn(Cc2ccccc2F)c(C)c1NC(=O)CCn1ncc([N+](=O)[O-])c1C. The molecule has 1 N–H and O–H groups in total. The Balaban J connectivity index is 1.67. The van der Waals surface area contributed by atoms with Crippen LogP contribution in [0.3, 0.4) is 0 Å². The molecule has 9 nitrogen and oxygen atoms in total. The highest BCUT2D eigenvalue weighted by atomic mass is 19.1. The average Bonchev–Trinajstić information content (AvgIpc) is 3.16. The smallest absolute Gasteiger partial charge is 0.309 e. The van der Waals surface area contributed by atoms with Crippen LogP contribution in [0.5, 0.6) is 0 Å². The summed E-state index contributed by atoms with van der Waals surface area (Å²) in [5.74, 6) is -0.575. The Hall–Kier alpha value is -3.56. The summed E-state index contributed by atoms with van der Waals surface area (Å²) in [6.07, 6.45) is 1.27. The molecule has 152 valence electrons. The van der Waals surface area contributed by atoms with E-state index in [4.69, 9.17) is 0 Å². The molecular weight excluding hydrogens is 379 g/mol. The summed E-state index contributed by atoms with van der Waals surface area (Å²) in [5.41, 5.74) is 2.74. The maximum absolute atomic E-state index is 13.9. The molecule has 2 heterocycles. The van der Waals surface area contributed by atoms with Gasteiger partial charge in [0, 0.05) is 12.0 Å². The minimum atomic E-state index is -0.504. The standard InChI is InChI=1S/C19H21FN6O3/c1-12-19(14(3)25(23-12)11-15-6-4-5-7-16(15)20)22-18(27)8-9-24-13(2)17(10-21-24)26(28)29/h4-7,10H,8-9,11H2,1-3H3,(H,22,27). The number of aromatic nitrogens is 4. The number of hydrogen-bond acceptors (Lipinski definition) is 5. The largest absolute Gasteiger partial charge is 0.323 e. The maximum atomic E-state index is 13.9. The first-order valence-electron chi connectivity index (χ1n) is 9.02. The van der Waals surface area contributed by atoms with Crippen LogP contribution >= 0.6 is 0 Å². The van der Waals surface area contributed by atoms with E-state index in [0.717, 1.165) is 0 Å². The molecule has 10 heteroatoms. The van der Waals surface area contributed by atoms with Crippen LogP contribution in [0.15, 0.2) is 30.5 Å². The number of aryl methyl sites for hydroxylation is 2. The van der Waals surface area contributed by atoms with Crippen LogP contribution in [0.1, 0.15) is 29.1 Å². The van der Waals surface area contributed by atoms with E-state index in [1.54, 1.807) is 43.7 Å². The Kier molecular flexibility index (Phi) is 5.71. The van der Waals surface area contributed by atoms with E-state index in [2.05, 4.69) is 15.5 Å². The third-order valence-electron chi connectivity index (χ3n) is 4.75. The van der Waals surface area contributed by atoms with Crippen LogP contribution in [-0.2, 0) is 17.9 Å². The van der Waals surface area contributed by atoms with Crippen molar-refractivity contribution in [1.29, 1.82) is 0 Å². The first-order valence-corrected chi connectivity index (χ1v) is 9.02. The molecule has 0 unspecified atom stereocenters. The fraction of sp³-hybridized carbons (Fsp3) is 0.316. The second-order valence-corrected chi connectivity index (χ2v) is 6.69. The summed E-state index contributed by atoms with van der Waals surface area (Å²) in [5, 5.41) is 22.1. The van der Waals surface area contributed by atoms with Crippen molar-refractivity contribution in [3.05, 3.63) is 69.0 Å². The van der Waals surface area contributed by atoms with Gasteiger partial charge in [0.25, 0.3) is 0 Å². The highest BCUT2D eigenvalue weighted by Crippen LogP contribution is 2.22. The summed E-state index contributed by atoms with van der Waals surface area (Å²) < 4.78 is 17.0. The van der Waals surface area contributed by atoms with Gasteiger partial charge >= 0.3 is 5.69 Å². The molecule has 1 amide bonds. The van der Waals surface area contributed by atoms with Crippen molar-refractivity contribution in [2.24, 2.45) is 0 Å². The molecule has 0 bridgehead atoms. The topological polar surface area (TPSA) is 108 Å². The number of rotatable bonds is 7. The maximum Gasteiger partial charge on any atom is 0.309 e. The Morgan fingerprint density at radius 2 is 1.93 bits per heavy atom. The third-order valence-corrected chi connectivity index (χ3v) is 4.75. The van der Waals surface area contributed by atoms with Gasteiger partial charge in [-0.2, -0.15) is 10.2 Å². The van der Waals surface area contributed by atoms with Crippen LogP contribution in [-0.4, -0.2) is 30.4 Å². The zero-order valence-electron chi connectivity index (χ0n) is 16.3. The van der Waals surface area contributed by atoms with Crippen molar-refractivity contribution in [3.63, 3.8) is 0 Å². The lowest BCUT2D eigenvalue weighted by atomic mass is 10.2. The Bertz CT molecular complexity index is 1070. The van der Waals surface area contributed by atoms with E-state index in [9.17, 15) is 19.3 Å². The Labute approximate surface area is 166 Å². The zero-order chi connectivity index (χ0) is 21.1. The number of anilines is 1. The molecule has 1 aromatic carbocycles. The molecule has 0 spiro atoms. The van der Waals surface area contributed by atoms with Gasteiger partial charge in [-0.3, -0.25) is 24.3 Å². The number of carbonyl (C=O) groups is 1. The molecule has 0 saturated carbocycles. The minimum absolute atomic E-state index is 0.0773. The molecule has 0 atom stereocenters. The Morgan fingerprint density at radius 3 is 2.59 bits per heavy atom. The van der Waals surface area contributed by atoms with Gasteiger partial charge in [-0.15, -0.1) is 0 Å². The van der Waals surface area contributed by atoms with Gasteiger partial charge in [-0.1, -0.05) is 18.2 Å². The summed E-state index contributed by atoms with van der Waals surface area (Å²) in [7, 11) is 0. The number of carbonyl (C=O) groups excluding carboxylic acids is 1. The van der Waals surface area contributed by atoms with E-state index in [-0.39, 0.29) is 36.9 Å². The van der Waals surface area contributed by atoms with Crippen LogP contribution in [0.4, 0.5) is 15.8 Å². The van der Waals surface area contributed by atoms with Gasteiger partial charge in [0.1, 0.15) is 17.7 Å². The first-order chi connectivity index (χ1) is 13.8. The van der Waals surface area contributed by atoms with Crippen molar-refractivity contribution in [2.45, 2.75) is 40.3 Å². The monoisotopic (exact) mass is 400 g/mol. The second kappa shape index (κ2) is 8.21. The predicted molar refractivity (Wildman–Crippen MR) is 104 cm³/mol. The van der Waals surface area contributed by atoms with Crippen LogP contribution < -0.4 is 5.32 Å². The average molecular weight is 400 g/mol. The number of amides is 1. The number of benzene rings is 1. The number of nitrogens with one attached hydrogen (secondary N) is 1. The molecule has 0 radical (unpaired) electrons. The highest BCUT2D eigenvalue weighted by molar-refractivity contribution is 5.91. The molecule has 3 aromatic rings. The van der Waals surface area contributed by atoms with Crippen LogP contribution in [0.25, 0.3) is 0 Å². The molecular formula is C19H21FN6O3. The van der Waals surface area contributed by atoms with E-state index in [1.165, 1.54) is 16.9 Å².